The Hall–Kier alpha value is -1.65. The number of benzene rings is 2. The minimum absolute atomic E-state index is 0.0995. The van der Waals surface area contributed by atoms with Gasteiger partial charge in [0.05, 0.1) is 6.61 Å². The van der Waals surface area contributed by atoms with Crippen molar-refractivity contribution in [2.75, 3.05) is 6.61 Å². The van der Waals surface area contributed by atoms with Crippen molar-refractivity contribution in [3.63, 3.8) is 0 Å². The largest absolute Gasteiger partial charge is 0.390 e. The summed E-state index contributed by atoms with van der Waals surface area (Å²) < 4.78 is 0.296. The number of quaternary nitrogens is 1. The van der Waals surface area contributed by atoms with Gasteiger partial charge in [0.25, 0.3) is 0 Å². The van der Waals surface area contributed by atoms with Gasteiger partial charge in [-0.3, -0.25) is 0 Å². The van der Waals surface area contributed by atoms with Crippen LogP contribution in [0, 0.1) is 0 Å². The summed E-state index contributed by atoms with van der Waals surface area (Å²) >= 11 is 11.9. The summed E-state index contributed by atoms with van der Waals surface area (Å²) in [6, 6.07) is 15.1. The van der Waals surface area contributed by atoms with Crippen LogP contribution in [-0.2, 0) is 0 Å². The molecule has 3 nitrogen and oxygen atoms in total. The maximum Gasteiger partial charge on any atom is 0.205 e. The van der Waals surface area contributed by atoms with E-state index in [1.165, 1.54) is 0 Å². The van der Waals surface area contributed by atoms with E-state index in [1.54, 1.807) is 6.34 Å². The fraction of sp³-hybridized carbons (Fsp3) is 0.0625. The lowest BCUT2D eigenvalue weighted by Gasteiger charge is -2.26. The third-order valence-electron chi connectivity index (χ3n) is 3.43. The number of hydrogen-bond acceptors (Lipinski definition) is 2. The normalized spacial score (nSPS) is 16.0. The van der Waals surface area contributed by atoms with Crippen molar-refractivity contribution in [1.82, 2.24) is 4.48 Å². The summed E-state index contributed by atoms with van der Waals surface area (Å²) in [7, 11) is 0. The fourth-order valence-electron chi connectivity index (χ4n) is 2.36. The van der Waals surface area contributed by atoms with Crippen molar-refractivity contribution in [2.45, 2.75) is 0 Å². The molecular formula is C16H13Cl2N2O+. The summed E-state index contributed by atoms with van der Waals surface area (Å²) in [4.78, 5) is 4.30. The van der Waals surface area contributed by atoms with E-state index in [0.717, 1.165) is 11.4 Å². The van der Waals surface area contributed by atoms with Gasteiger partial charge < -0.3 is 5.11 Å². The lowest BCUT2D eigenvalue weighted by Crippen LogP contribution is -2.34. The summed E-state index contributed by atoms with van der Waals surface area (Å²) in [5.41, 5.74) is 2.59. The average molecular weight is 320 g/mol. The Labute approximate surface area is 133 Å². The Morgan fingerprint density at radius 1 is 0.857 bits per heavy atom. The summed E-state index contributed by atoms with van der Waals surface area (Å²) in [6.07, 6.45) is 3.70. The molecule has 5 heteroatoms. The van der Waals surface area contributed by atoms with Crippen LogP contribution in [0.15, 0.2) is 65.4 Å². The molecule has 0 spiro atoms. The molecule has 0 saturated carbocycles. The molecule has 0 fully saturated rings. The zero-order chi connectivity index (χ0) is 14.9. The maximum absolute atomic E-state index is 9.35. The lowest BCUT2D eigenvalue weighted by molar-refractivity contribution is 0.330. The van der Waals surface area contributed by atoms with Gasteiger partial charge in [-0.05, 0) is 24.3 Å². The minimum atomic E-state index is -0.0995. The zero-order valence-electron chi connectivity index (χ0n) is 11.1. The summed E-state index contributed by atoms with van der Waals surface area (Å²) in [5.74, 6) is 0. The van der Waals surface area contributed by atoms with Gasteiger partial charge in [-0.1, -0.05) is 23.2 Å². The molecule has 2 aromatic carbocycles. The number of rotatable bonds is 3. The van der Waals surface area contributed by atoms with Gasteiger partial charge in [-0.2, -0.15) is 9.48 Å². The summed E-state index contributed by atoms with van der Waals surface area (Å²) in [6.45, 7) is -0.0995. The van der Waals surface area contributed by atoms with E-state index in [4.69, 9.17) is 23.2 Å². The van der Waals surface area contributed by atoms with E-state index >= 15 is 0 Å². The average Bonchev–Trinajstić information content (AvgIpc) is 2.94. The molecule has 0 aromatic heterocycles. The Balaban J connectivity index is 2.17. The lowest BCUT2D eigenvalue weighted by atomic mass is 10.2. The molecule has 0 bridgehead atoms. The van der Waals surface area contributed by atoms with Crippen LogP contribution in [-0.4, -0.2) is 18.1 Å². The topological polar surface area (TPSA) is 32.6 Å². The second-order valence-electron chi connectivity index (χ2n) is 4.75. The standard InChI is InChI=1S/C16H13Cl2N2O/c17-12-1-5-15(6-2-12)20(9-14(10-21)19-11-20)16-7-3-13(18)4-8-16/h1-9,11,21H,10H2/q+1. The Bertz CT molecular complexity index is 661. The van der Waals surface area contributed by atoms with Crippen molar-refractivity contribution in [2.24, 2.45) is 4.99 Å². The van der Waals surface area contributed by atoms with Crippen molar-refractivity contribution >= 4 is 40.9 Å². The first kappa shape index (κ1) is 14.3. The van der Waals surface area contributed by atoms with Gasteiger partial charge in [0.2, 0.25) is 6.34 Å². The van der Waals surface area contributed by atoms with Crippen LogP contribution in [0.5, 0.6) is 0 Å². The second kappa shape index (κ2) is 5.62. The maximum atomic E-state index is 9.35. The van der Waals surface area contributed by atoms with Crippen molar-refractivity contribution in [3.05, 3.63) is 70.5 Å². The Morgan fingerprint density at radius 3 is 1.71 bits per heavy atom. The van der Waals surface area contributed by atoms with Crippen LogP contribution in [0.4, 0.5) is 11.4 Å². The molecule has 21 heavy (non-hydrogen) atoms. The van der Waals surface area contributed by atoms with Gasteiger partial charge in [-0.15, -0.1) is 0 Å². The predicted octanol–water partition coefficient (Wildman–Crippen LogP) is 4.51. The highest BCUT2D eigenvalue weighted by atomic mass is 35.5. The highest BCUT2D eigenvalue weighted by Gasteiger charge is 2.34. The fourth-order valence-corrected chi connectivity index (χ4v) is 2.61. The SMILES string of the molecule is OCC1=C[N+](c2ccc(Cl)cc2)(c2ccc(Cl)cc2)C=N1. The smallest absolute Gasteiger partial charge is 0.205 e. The van der Waals surface area contributed by atoms with Gasteiger partial charge in [0.15, 0.2) is 0 Å². The molecule has 3 rings (SSSR count). The van der Waals surface area contributed by atoms with Crippen LogP contribution < -0.4 is 4.48 Å². The van der Waals surface area contributed by atoms with Crippen molar-refractivity contribution < 1.29 is 5.11 Å². The molecular weight excluding hydrogens is 307 g/mol. The van der Waals surface area contributed by atoms with E-state index in [-0.39, 0.29) is 6.61 Å². The molecule has 0 atom stereocenters. The third-order valence-corrected chi connectivity index (χ3v) is 3.93. The number of halogens is 2. The third kappa shape index (κ3) is 2.61. The van der Waals surface area contributed by atoms with Crippen LogP contribution >= 0.6 is 23.2 Å². The van der Waals surface area contributed by atoms with E-state index in [2.05, 4.69) is 4.99 Å². The zero-order valence-corrected chi connectivity index (χ0v) is 12.6. The number of aliphatic hydroxyl groups is 1. The first-order valence-electron chi connectivity index (χ1n) is 6.42. The van der Waals surface area contributed by atoms with Crippen LogP contribution in [0.2, 0.25) is 10.0 Å². The highest BCUT2D eigenvalue weighted by molar-refractivity contribution is 6.31. The van der Waals surface area contributed by atoms with Crippen molar-refractivity contribution in [3.8, 4) is 0 Å². The van der Waals surface area contributed by atoms with E-state index in [1.807, 2.05) is 54.7 Å². The molecule has 1 N–H and O–H groups in total. The monoisotopic (exact) mass is 319 g/mol. The molecule has 0 aliphatic carbocycles. The molecule has 1 heterocycles. The molecule has 2 aromatic rings. The van der Waals surface area contributed by atoms with Crippen LogP contribution in [0.3, 0.4) is 0 Å². The number of aliphatic hydroxyl groups excluding tert-OH is 1. The van der Waals surface area contributed by atoms with E-state index in [0.29, 0.717) is 20.2 Å². The highest BCUT2D eigenvalue weighted by Crippen LogP contribution is 2.38. The predicted molar refractivity (Wildman–Crippen MR) is 88.0 cm³/mol. The minimum Gasteiger partial charge on any atom is -0.390 e. The van der Waals surface area contributed by atoms with Crippen LogP contribution in [0.25, 0.3) is 0 Å². The van der Waals surface area contributed by atoms with E-state index < -0.39 is 0 Å². The number of nitrogens with zero attached hydrogens (tertiary/aromatic N) is 2. The molecule has 0 amide bonds. The van der Waals surface area contributed by atoms with Gasteiger partial charge >= 0.3 is 0 Å². The Kier molecular flexibility index (Phi) is 3.83. The quantitative estimate of drug-likeness (QED) is 0.829. The van der Waals surface area contributed by atoms with E-state index in [9.17, 15) is 5.11 Å². The molecule has 1 aliphatic rings. The second-order valence-corrected chi connectivity index (χ2v) is 5.63. The first-order chi connectivity index (χ1) is 10.1. The molecule has 0 radical (unpaired) electrons. The summed E-state index contributed by atoms with van der Waals surface area (Å²) in [5, 5.41) is 10.7. The van der Waals surface area contributed by atoms with Gasteiger partial charge in [0, 0.05) is 34.3 Å². The number of aliphatic imine (C=N–C) groups is 1. The Morgan fingerprint density at radius 2 is 1.33 bits per heavy atom. The molecule has 106 valence electrons. The molecule has 0 unspecified atom stereocenters. The first-order valence-corrected chi connectivity index (χ1v) is 7.18. The van der Waals surface area contributed by atoms with Crippen LogP contribution in [0.1, 0.15) is 0 Å². The number of hydrogen-bond donors (Lipinski definition) is 1. The molecule has 1 aliphatic heterocycles. The van der Waals surface area contributed by atoms with Crippen molar-refractivity contribution in [1.29, 1.82) is 0 Å². The van der Waals surface area contributed by atoms with Gasteiger partial charge in [-0.25, -0.2) is 0 Å². The molecule has 0 saturated heterocycles. The van der Waals surface area contributed by atoms with Gasteiger partial charge in [0.1, 0.15) is 23.3 Å².